The quantitative estimate of drug-likeness (QED) is 0.212. The van der Waals surface area contributed by atoms with E-state index in [-0.39, 0.29) is 0 Å². The molecule has 0 aromatic rings. The predicted octanol–water partition coefficient (Wildman–Crippen LogP) is -6.17. The van der Waals surface area contributed by atoms with Gasteiger partial charge in [0.2, 0.25) is 0 Å². The molecule has 1 aliphatic heterocycles. The summed E-state index contributed by atoms with van der Waals surface area (Å²) in [5, 5.41) is 84.5. The van der Waals surface area contributed by atoms with Gasteiger partial charge in [0, 0.05) is 0 Å². The van der Waals surface area contributed by atoms with Crippen LogP contribution in [0.4, 0.5) is 0 Å². The highest BCUT2D eigenvalue weighted by Gasteiger charge is 2.49. The van der Waals surface area contributed by atoms with Gasteiger partial charge < -0.3 is 50.7 Å². The Bertz CT molecular complexity index is 389. The van der Waals surface area contributed by atoms with Crippen molar-refractivity contribution in [2.45, 2.75) is 54.9 Å². The van der Waals surface area contributed by atoms with Gasteiger partial charge in [0.25, 0.3) is 0 Å². The molecule has 0 aliphatic carbocycles. The summed E-state index contributed by atoms with van der Waals surface area (Å²) in [6, 6.07) is 0. The average Bonchev–Trinajstić information content (AvgIpc) is 2.56. The second kappa shape index (κ2) is 8.39. The fraction of sp³-hybridized carbons (Fsp3) is 0.917. The number of carbonyl (C=O) groups excluding carboxylic acids is 1. The van der Waals surface area contributed by atoms with E-state index in [4.69, 9.17) is 14.9 Å². The standard InChI is InChI=1S/C12H22O11/c13-1-3(15)5(16)7(18)9(20)11(22)12-10(21)8(19)6(17)4(2-14)23-12/h3-10,12-21H,1-2H2/t3?,4-,5?,6-,7?,8+,9?,10-,12-/m1/s1. The summed E-state index contributed by atoms with van der Waals surface area (Å²) in [6.07, 6.45) is -17.2. The van der Waals surface area contributed by atoms with Crippen LogP contribution in [0.15, 0.2) is 0 Å². The number of aliphatic hydroxyl groups excluding tert-OH is 9. The Kier molecular flexibility index (Phi) is 7.41. The van der Waals surface area contributed by atoms with Crippen LogP contribution in [0.1, 0.15) is 0 Å². The second-order valence-corrected chi connectivity index (χ2v) is 5.33. The van der Waals surface area contributed by atoms with Gasteiger partial charge in [-0.3, -0.25) is 4.79 Å². The highest BCUT2D eigenvalue weighted by Crippen LogP contribution is 2.23. The number of carbonyl (C=O) groups is 1. The fourth-order valence-electron chi connectivity index (χ4n) is 2.20. The molecule has 0 radical (unpaired) electrons. The van der Waals surface area contributed by atoms with E-state index in [1.807, 2.05) is 0 Å². The van der Waals surface area contributed by atoms with Crippen molar-refractivity contribution in [3.05, 3.63) is 0 Å². The third-order valence-corrected chi connectivity index (χ3v) is 3.72. The summed E-state index contributed by atoms with van der Waals surface area (Å²) >= 11 is 0. The van der Waals surface area contributed by atoms with Crippen LogP contribution in [0.3, 0.4) is 0 Å². The number of aliphatic hydroxyl groups is 9. The molecule has 11 nitrogen and oxygen atoms in total. The van der Waals surface area contributed by atoms with Crippen LogP contribution in [0, 0.1) is 0 Å². The van der Waals surface area contributed by atoms with Crippen molar-refractivity contribution in [3.63, 3.8) is 0 Å². The molecule has 1 rings (SSSR count). The van der Waals surface area contributed by atoms with Gasteiger partial charge in [-0.05, 0) is 0 Å². The predicted molar refractivity (Wildman–Crippen MR) is 69.9 cm³/mol. The van der Waals surface area contributed by atoms with Crippen molar-refractivity contribution >= 4 is 5.78 Å². The summed E-state index contributed by atoms with van der Waals surface area (Å²) < 4.78 is 4.91. The summed E-state index contributed by atoms with van der Waals surface area (Å²) in [4.78, 5) is 12.1. The molecule has 1 fully saturated rings. The molecule has 9 N–H and O–H groups in total. The van der Waals surface area contributed by atoms with Crippen LogP contribution in [-0.2, 0) is 9.53 Å². The first-order chi connectivity index (χ1) is 10.7. The van der Waals surface area contributed by atoms with Gasteiger partial charge in [0.15, 0.2) is 5.78 Å². The van der Waals surface area contributed by atoms with Gasteiger partial charge >= 0.3 is 0 Å². The Hall–Kier alpha value is -0.730. The van der Waals surface area contributed by atoms with E-state index in [1.165, 1.54) is 0 Å². The fourth-order valence-corrected chi connectivity index (χ4v) is 2.20. The molecule has 0 bridgehead atoms. The molecule has 1 saturated heterocycles. The Morgan fingerprint density at radius 1 is 0.913 bits per heavy atom. The van der Waals surface area contributed by atoms with E-state index in [2.05, 4.69) is 0 Å². The van der Waals surface area contributed by atoms with Gasteiger partial charge in [-0.25, -0.2) is 0 Å². The van der Waals surface area contributed by atoms with E-state index in [1.54, 1.807) is 0 Å². The molecular weight excluding hydrogens is 320 g/mol. The highest BCUT2D eigenvalue weighted by molar-refractivity contribution is 5.88. The summed E-state index contributed by atoms with van der Waals surface area (Å²) in [7, 11) is 0. The lowest BCUT2D eigenvalue weighted by Gasteiger charge is -2.40. The lowest BCUT2D eigenvalue weighted by atomic mass is 9.89. The van der Waals surface area contributed by atoms with E-state index in [0.717, 1.165) is 0 Å². The number of ether oxygens (including phenoxy) is 1. The molecule has 136 valence electrons. The van der Waals surface area contributed by atoms with Crippen LogP contribution < -0.4 is 0 Å². The smallest absolute Gasteiger partial charge is 0.195 e. The number of Topliss-reactive ketones (excluding diaryl/α,β-unsaturated/α-hetero) is 1. The van der Waals surface area contributed by atoms with Crippen molar-refractivity contribution in [3.8, 4) is 0 Å². The van der Waals surface area contributed by atoms with Gasteiger partial charge in [0.1, 0.15) is 54.9 Å². The van der Waals surface area contributed by atoms with E-state index >= 15 is 0 Å². The maximum atomic E-state index is 12.1. The Morgan fingerprint density at radius 3 is 1.96 bits per heavy atom. The molecule has 0 aromatic heterocycles. The molecule has 1 heterocycles. The van der Waals surface area contributed by atoms with E-state index in [0.29, 0.717) is 0 Å². The maximum Gasteiger partial charge on any atom is 0.195 e. The lowest BCUT2D eigenvalue weighted by molar-refractivity contribution is -0.231. The first kappa shape index (κ1) is 20.3. The number of hydrogen-bond donors (Lipinski definition) is 9. The van der Waals surface area contributed by atoms with Crippen molar-refractivity contribution in [2.75, 3.05) is 13.2 Å². The first-order valence-electron chi connectivity index (χ1n) is 6.84. The number of hydrogen-bond acceptors (Lipinski definition) is 11. The highest BCUT2D eigenvalue weighted by atomic mass is 16.5. The minimum Gasteiger partial charge on any atom is -0.394 e. The monoisotopic (exact) mass is 342 g/mol. The zero-order valence-corrected chi connectivity index (χ0v) is 12.0. The summed E-state index contributed by atoms with van der Waals surface area (Å²) in [5.74, 6) is -1.35. The third kappa shape index (κ3) is 4.22. The van der Waals surface area contributed by atoms with Crippen molar-refractivity contribution < 1.29 is 55.5 Å². The number of ketones is 1. The summed E-state index contributed by atoms with van der Waals surface area (Å²) in [6.45, 7) is -1.74. The maximum absolute atomic E-state index is 12.1. The largest absolute Gasteiger partial charge is 0.394 e. The van der Waals surface area contributed by atoms with E-state index in [9.17, 15) is 40.5 Å². The van der Waals surface area contributed by atoms with Crippen molar-refractivity contribution in [1.82, 2.24) is 0 Å². The van der Waals surface area contributed by atoms with Gasteiger partial charge in [0.05, 0.1) is 13.2 Å². The Balaban J connectivity index is 2.85. The molecule has 4 unspecified atom stereocenters. The van der Waals surface area contributed by atoms with Crippen molar-refractivity contribution in [2.24, 2.45) is 0 Å². The Labute approximate surface area is 130 Å². The zero-order chi connectivity index (χ0) is 17.9. The molecule has 0 amide bonds. The van der Waals surface area contributed by atoms with E-state index < -0.39 is 73.9 Å². The topological polar surface area (TPSA) is 208 Å². The average molecular weight is 342 g/mol. The van der Waals surface area contributed by atoms with Crippen LogP contribution >= 0.6 is 0 Å². The van der Waals surface area contributed by atoms with Gasteiger partial charge in [-0.15, -0.1) is 0 Å². The molecule has 0 spiro atoms. The molecule has 11 heteroatoms. The second-order valence-electron chi connectivity index (χ2n) is 5.33. The van der Waals surface area contributed by atoms with Crippen LogP contribution in [-0.4, -0.2) is 120 Å². The minimum absolute atomic E-state index is 0.792. The van der Waals surface area contributed by atoms with Crippen LogP contribution in [0.5, 0.6) is 0 Å². The van der Waals surface area contributed by atoms with Crippen LogP contribution in [0.25, 0.3) is 0 Å². The molecule has 1 aliphatic rings. The molecule has 0 aromatic carbocycles. The molecule has 0 saturated carbocycles. The molecule has 9 atom stereocenters. The summed E-state index contributed by atoms with van der Waals surface area (Å²) in [5.41, 5.74) is 0. The Morgan fingerprint density at radius 2 is 1.48 bits per heavy atom. The molecule has 23 heavy (non-hydrogen) atoms. The molecular formula is C12H22O11. The van der Waals surface area contributed by atoms with Gasteiger partial charge in [-0.2, -0.15) is 0 Å². The zero-order valence-electron chi connectivity index (χ0n) is 12.0. The van der Waals surface area contributed by atoms with Crippen LogP contribution in [0.2, 0.25) is 0 Å². The minimum atomic E-state index is -2.33. The number of rotatable bonds is 7. The normalized spacial score (nSPS) is 37.0. The first-order valence-corrected chi connectivity index (χ1v) is 6.84. The van der Waals surface area contributed by atoms with Crippen molar-refractivity contribution in [1.29, 1.82) is 0 Å². The van der Waals surface area contributed by atoms with Gasteiger partial charge in [-0.1, -0.05) is 0 Å². The lowest BCUT2D eigenvalue weighted by Crippen LogP contribution is -2.63. The SMILES string of the molecule is O=C(C(O)C(O)C(O)C(O)CO)[C@@H]1O[C@H](CO)[C@@H](O)[C@H](O)[C@H]1O. The third-order valence-electron chi connectivity index (χ3n) is 3.72.